The van der Waals surface area contributed by atoms with Crippen LogP contribution in [0.5, 0.6) is 0 Å². The fraction of sp³-hybridized carbons (Fsp3) is 0.615. The van der Waals surface area contributed by atoms with Gasteiger partial charge in [-0.25, -0.2) is 9.48 Å². The average molecular weight is 291 g/mol. The molecule has 0 amide bonds. The Morgan fingerprint density at radius 1 is 1.43 bits per heavy atom. The van der Waals surface area contributed by atoms with Crippen molar-refractivity contribution in [1.29, 1.82) is 0 Å². The van der Waals surface area contributed by atoms with Gasteiger partial charge in [-0.15, -0.1) is 5.10 Å². The summed E-state index contributed by atoms with van der Waals surface area (Å²) in [6.45, 7) is 6.22. The molecule has 2 heterocycles. The first kappa shape index (κ1) is 13.7. The molecule has 21 heavy (non-hydrogen) atoms. The quantitative estimate of drug-likeness (QED) is 0.911. The van der Waals surface area contributed by atoms with Crippen LogP contribution in [-0.2, 0) is 12.0 Å². The smallest absolute Gasteiger partial charge is 0.358 e. The van der Waals surface area contributed by atoms with Gasteiger partial charge in [-0.05, 0) is 12.8 Å². The highest BCUT2D eigenvalue weighted by Crippen LogP contribution is 2.41. The number of carbonyl (C=O) groups is 1. The normalized spacial score (nSPS) is 15.4. The molecule has 3 rings (SSSR count). The second-order valence-electron chi connectivity index (χ2n) is 6.33. The highest BCUT2D eigenvalue weighted by Gasteiger charge is 2.34. The summed E-state index contributed by atoms with van der Waals surface area (Å²) in [7, 11) is 0. The van der Waals surface area contributed by atoms with E-state index in [4.69, 9.17) is 9.63 Å². The van der Waals surface area contributed by atoms with Gasteiger partial charge in [0.25, 0.3) is 0 Å². The monoisotopic (exact) mass is 291 g/mol. The number of rotatable bonds is 4. The molecule has 1 aliphatic carbocycles. The first-order valence-electron chi connectivity index (χ1n) is 6.86. The van der Waals surface area contributed by atoms with Crippen molar-refractivity contribution in [3.05, 3.63) is 23.1 Å². The van der Waals surface area contributed by atoms with Crippen LogP contribution in [0.25, 0.3) is 0 Å². The molecule has 0 bridgehead atoms. The molecular weight excluding hydrogens is 274 g/mol. The maximum absolute atomic E-state index is 11.2. The van der Waals surface area contributed by atoms with E-state index in [1.54, 1.807) is 4.68 Å². The summed E-state index contributed by atoms with van der Waals surface area (Å²) in [6.07, 6.45) is 1.93. The Kier molecular flexibility index (Phi) is 3.03. The first-order valence-corrected chi connectivity index (χ1v) is 6.86. The van der Waals surface area contributed by atoms with E-state index in [0.29, 0.717) is 17.4 Å². The Morgan fingerprint density at radius 2 is 2.14 bits per heavy atom. The largest absolute Gasteiger partial charge is 0.476 e. The molecule has 0 radical (unpaired) electrons. The molecule has 1 N–H and O–H groups in total. The standard InChI is InChI=1S/C13H17N5O3/c1-13(2,3)12-14-8(16-21-12)6-18-10(7-4-5-7)9(11(19)20)15-17-18/h7H,4-6H2,1-3H3,(H,19,20). The molecule has 1 aliphatic rings. The van der Waals surface area contributed by atoms with Gasteiger partial charge in [-0.2, -0.15) is 4.98 Å². The van der Waals surface area contributed by atoms with Crippen molar-refractivity contribution in [2.75, 3.05) is 0 Å². The van der Waals surface area contributed by atoms with Crippen LogP contribution in [0.4, 0.5) is 0 Å². The minimum atomic E-state index is -1.05. The molecule has 2 aromatic rings. The minimum Gasteiger partial charge on any atom is -0.476 e. The Balaban J connectivity index is 1.88. The highest BCUT2D eigenvalue weighted by molar-refractivity contribution is 5.86. The lowest BCUT2D eigenvalue weighted by Gasteiger charge is -2.10. The molecule has 8 nitrogen and oxygen atoms in total. The lowest BCUT2D eigenvalue weighted by atomic mass is 9.97. The average Bonchev–Trinajstić information content (AvgIpc) is 2.95. The van der Waals surface area contributed by atoms with Gasteiger partial charge in [-0.3, -0.25) is 0 Å². The third-order valence-corrected chi connectivity index (χ3v) is 3.34. The molecule has 0 aromatic carbocycles. The summed E-state index contributed by atoms with van der Waals surface area (Å²) in [4.78, 5) is 15.5. The van der Waals surface area contributed by atoms with E-state index in [1.165, 1.54) is 0 Å². The second-order valence-corrected chi connectivity index (χ2v) is 6.33. The number of hydrogen-bond donors (Lipinski definition) is 1. The number of carboxylic acid groups (broad SMARTS) is 1. The lowest BCUT2D eigenvalue weighted by Crippen LogP contribution is -2.12. The van der Waals surface area contributed by atoms with E-state index in [9.17, 15) is 4.79 Å². The Bertz CT molecular complexity index is 678. The zero-order valence-corrected chi connectivity index (χ0v) is 12.2. The molecule has 1 saturated carbocycles. The zero-order valence-electron chi connectivity index (χ0n) is 12.2. The number of hydrogen-bond acceptors (Lipinski definition) is 6. The summed E-state index contributed by atoms with van der Waals surface area (Å²) >= 11 is 0. The molecule has 0 saturated heterocycles. The summed E-state index contributed by atoms with van der Waals surface area (Å²) < 4.78 is 6.80. The molecule has 0 spiro atoms. The maximum Gasteiger partial charge on any atom is 0.358 e. The molecular formula is C13H17N5O3. The van der Waals surface area contributed by atoms with Gasteiger partial charge in [0.1, 0.15) is 6.54 Å². The van der Waals surface area contributed by atoms with Crippen molar-refractivity contribution in [3.63, 3.8) is 0 Å². The first-order chi connectivity index (χ1) is 9.86. The van der Waals surface area contributed by atoms with Crippen molar-refractivity contribution in [3.8, 4) is 0 Å². The van der Waals surface area contributed by atoms with E-state index in [2.05, 4.69) is 20.5 Å². The molecule has 0 unspecified atom stereocenters. The van der Waals surface area contributed by atoms with Gasteiger partial charge in [0, 0.05) is 11.3 Å². The van der Waals surface area contributed by atoms with Crippen LogP contribution in [0.3, 0.4) is 0 Å². The summed E-state index contributed by atoms with van der Waals surface area (Å²) in [5.74, 6) is 0.194. The molecule has 1 fully saturated rings. The Hall–Kier alpha value is -2.25. The second kappa shape index (κ2) is 4.64. The van der Waals surface area contributed by atoms with Crippen molar-refractivity contribution < 1.29 is 14.4 Å². The highest BCUT2D eigenvalue weighted by atomic mass is 16.5. The van der Waals surface area contributed by atoms with Gasteiger partial charge in [0.15, 0.2) is 11.5 Å². The summed E-state index contributed by atoms with van der Waals surface area (Å²) in [5, 5.41) is 20.8. The molecule has 0 atom stereocenters. The molecule has 8 heteroatoms. The molecule has 2 aromatic heterocycles. The van der Waals surface area contributed by atoms with Crippen LogP contribution >= 0.6 is 0 Å². The van der Waals surface area contributed by atoms with Gasteiger partial charge in [0.05, 0.1) is 5.69 Å². The number of aromatic carboxylic acids is 1. The van der Waals surface area contributed by atoms with Gasteiger partial charge >= 0.3 is 5.97 Å². The van der Waals surface area contributed by atoms with Crippen molar-refractivity contribution in [1.82, 2.24) is 25.1 Å². The van der Waals surface area contributed by atoms with Crippen molar-refractivity contribution >= 4 is 5.97 Å². The van der Waals surface area contributed by atoms with E-state index >= 15 is 0 Å². The molecule has 112 valence electrons. The fourth-order valence-electron chi connectivity index (χ4n) is 2.11. The Morgan fingerprint density at radius 3 is 2.67 bits per heavy atom. The third-order valence-electron chi connectivity index (χ3n) is 3.34. The zero-order chi connectivity index (χ0) is 15.2. The summed E-state index contributed by atoms with van der Waals surface area (Å²) in [5.41, 5.74) is 0.459. The maximum atomic E-state index is 11.2. The van der Waals surface area contributed by atoms with Crippen LogP contribution in [-0.4, -0.2) is 36.2 Å². The summed E-state index contributed by atoms with van der Waals surface area (Å²) in [6, 6.07) is 0. The SMILES string of the molecule is CC(C)(C)c1nc(Cn2nnc(C(=O)O)c2C2CC2)no1. The van der Waals surface area contributed by atoms with Gasteiger partial charge in [-0.1, -0.05) is 31.1 Å². The van der Waals surface area contributed by atoms with E-state index in [1.807, 2.05) is 20.8 Å². The van der Waals surface area contributed by atoms with Gasteiger partial charge in [0.2, 0.25) is 5.89 Å². The van der Waals surface area contributed by atoms with Gasteiger partial charge < -0.3 is 9.63 Å². The Labute approximate surface area is 121 Å². The van der Waals surface area contributed by atoms with Crippen LogP contribution < -0.4 is 0 Å². The fourth-order valence-corrected chi connectivity index (χ4v) is 2.11. The van der Waals surface area contributed by atoms with Crippen LogP contribution in [0.2, 0.25) is 0 Å². The van der Waals surface area contributed by atoms with E-state index in [-0.39, 0.29) is 23.6 Å². The topological polar surface area (TPSA) is 107 Å². The molecule has 0 aliphatic heterocycles. The predicted molar refractivity (Wildman–Crippen MR) is 71.1 cm³/mol. The van der Waals surface area contributed by atoms with Crippen LogP contribution in [0.15, 0.2) is 4.52 Å². The van der Waals surface area contributed by atoms with Crippen LogP contribution in [0, 0.1) is 0 Å². The van der Waals surface area contributed by atoms with E-state index in [0.717, 1.165) is 12.8 Å². The number of aromatic nitrogens is 5. The third kappa shape index (κ3) is 2.65. The number of carboxylic acids is 1. The minimum absolute atomic E-state index is 0.0250. The van der Waals surface area contributed by atoms with Crippen molar-refractivity contribution in [2.45, 2.75) is 51.5 Å². The van der Waals surface area contributed by atoms with Crippen LogP contribution in [0.1, 0.15) is 67.4 Å². The lowest BCUT2D eigenvalue weighted by molar-refractivity contribution is 0.0689. The van der Waals surface area contributed by atoms with Crippen molar-refractivity contribution in [2.24, 2.45) is 0 Å². The number of nitrogens with zero attached hydrogens (tertiary/aromatic N) is 5. The van der Waals surface area contributed by atoms with E-state index < -0.39 is 5.97 Å². The predicted octanol–water partition coefficient (Wildman–Crippen LogP) is 1.58.